The number of benzene rings is 1. The molecule has 3 unspecified atom stereocenters. The van der Waals surface area contributed by atoms with Crippen molar-refractivity contribution in [2.75, 3.05) is 13.1 Å². The van der Waals surface area contributed by atoms with Gasteiger partial charge in [-0.25, -0.2) is 4.39 Å². The van der Waals surface area contributed by atoms with Gasteiger partial charge < -0.3 is 5.73 Å². The molecule has 1 aliphatic rings. The van der Waals surface area contributed by atoms with Crippen molar-refractivity contribution >= 4 is 0 Å². The van der Waals surface area contributed by atoms with Crippen LogP contribution >= 0.6 is 0 Å². The third-order valence-corrected chi connectivity index (χ3v) is 4.24. The molecule has 0 bridgehead atoms. The Kier molecular flexibility index (Phi) is 4.36. The molecule has 0 aliphatic carbocycles. The SMILES string of the molecule is CC1CCCN(CC(N)c2ccccc2F)C1C. The summed E-state index contributed by atoms with van der Waals surface area (Å²) in [7, 11) is 0. The zero-order valence-corrected chi connectivity index (χ0v) is 11.3. The molecule has 2 N–H and O–H groups in total. The second-order valence-electron chi connectivity index (χ2n) is 5.48. The molecule has 18 heavy (non-hydrogen) atoms. The van der Waals surface area contributed by atoms with E-state index in [-0.39, 0.29) is 11.9 Å². The van der Waals surface area contributed by atoms with E-state index in [1.54, 1.807) is 12.1 Å². The van der Waals surface area contributed by atoms with E-state index in [0.29, 0.717) is 17.5 Å². The van der Waals surface area contributed by atoms with Gasteiger partial charge in [-0.2, -0.15) is 0 Å². The Hall–Kier alpha value is -0.930. The van der Waals surface area contributed by atoms with E-state index < -0.39 is 0 Å². The Morgan fingerprint density at radius 1 is 1.39 bits per heavy atom. The first-order chi connectivity index (χ1) is 8.59. The van der Waals surface area contributed by atoms with Crippen LogP contribution < -0.4 is 5.73 Å². The lowest BCUT2D eigenvalue weighted by Gasteiger charge is -2.39. The first kappa shape index (κ1) is 13.5. The van der Waals surface area contributed by atoms with E-state index >= 15 is 0 Å². The summed E-state index contributed by atoms with van der Waals surface area (Å²) in [6, 6.07) is 7.13. The Morgan fingerprint density at radius 2 is 2.11 bits per heavy atom. The van der Waals surface area contributed by atoms with Crippen molar-refractivity contribution in [3.63, 3.8) is 0 Å². The topological polar surface area (TPSA) is 29.3 Å². The molecule has 1 aliphatic heterocycles. The minimum Gasteiger partial charge on any atom is -0.323 e. The van der Waals surface area contributed by atoms with Crippen LogP contribution in [0.3, 0.4) is 0 Å². The van der Waals surface area contributed by atoms with Gasteiger partial charge >= 0.3 is 0 Å². The van der Waals surface area contributed by atoms with Crippen molar-refractivity contribution in [1.29, 1.82) is 0 Å². The number of likely N-dealkylation sites (tertiary alicyclic amines) is 1. The fourth-order valence-electron chi connectivity index (χ4n) is 2.81. The number of nitrogens with two attached hydrogens (primary N) is 1. The lowest BCUT2D eigenvalue weighted by atomic mass is 9.91. The van der Waals surface area contributed by atoms with Crippen molar-refractivity contribution in [3.8, 4) is 0 Å². The van der Waals surface area contributed by atoms with E-state index in [9.17, 15) is 4.39 Å². The van der Waals surface area contributed by atoms with E-state index in [1.165, 1.54) is 18.9 Å². The van der Waals surface area contributed by atoms with Gasteiger partial charge in [0.1, 0.15) is 5.82 Å². The smallest absolute Gasteiger partial charge is 0.128 e. The number of halogens is 1. The Balaban J connectivity index is 2.03. The van der Waals surface area contributed by atoms with Crippen LogP contribution in [0.2, 0.25) is 0 Å². The molecule has 0 aromatic heterocycles. The summed E-state index contributed by atoms with van der Waals surface area (Å²) in [6.07, 6.45) is 2.50. The molecule has 1 aromatic rings. The summed E-state index contributed by atoms with van der Waals surface area (Å²) in [5.41, 5.74) is 6.78. The largest absolute Gasteiger partial charge is 0.323 e. The van der Waals surface area contributed by atoms with Crippen LogP contribution in [-0.2, 0) is 0 Å². The molecule has 1 heterocycles. The van der Waals surface area contributed by atoms with Crippen LogP contribution in [0.4, 0.5) is 4.39 Å². The van der Waals surface area contributed by atoms with Crippen LogP contribution in [0, 0.1) is 11.7 Å². The van der Waals surface area contributed by atoms with Gasteiger partial charge in [0, 0.05) is 24.2 Å². The normalized spacial score (nSPS) is 27.1. The van der Waals surface area contributed by atoms with Crippen molar-refractivity contribution in [3.05, 3.63) is 35.6 Å². The Bertz CT molecular complexity index is 394. The summed E-state index contributed by atoms with van der Waals surface area (Å²) in [5, 5.41) is 0. The second kappa shape index (κ2) is 5.81. The van der Waals surface area contributed by atoms with Crippen LogP contribution in [0.5, 0.6) is 0 Å². The molecular weight excluding hydrogens is 227 g/mol. The highest BCUT2D eigenvalue weighted by molar-refractivity contribution is 5.21. The first-order valence-electron chi connectivity index (χ1n) is 6.83. The lowest BCUT2D eigenvalue weighted by Crippen LogP contribution is -2.45. The van der Waals surface area contributed by atoms with Gasteiger partial charge in [-0.3, -0.25) is 4.90 Å². The fourth-order valence-corrected chi connectivity index (χ4v) is 2.81. The van der Waals surface area contributed by atoms with Gasteiger partial charge in [-0.1, -0.05) is 25.1 Å². The Morgan fingerprint density at radius 3 is 2.83 bits per heavy atom. The summed E-state index contributed by atoms with van der Waals surface area (Å²) in [5.74, 6) is 0.509. The molecule has 3 atom stereocenters. The molecule has 100 valence electrons. The average molecular weight is 250 g/mol. The summed E-state index contributed by atoms with van der Waals surface area (Å²) in [4.78, 5) is 2.39. The molecule has 0 amide bonds. The zero-order valence-electron chi connectivity index (χ0n) is 11.3. The molecule has 2 rings (SSSR count). The van der Waals surface area contributed by atoms with Crippen LogP contribution in [0.25, 0.3) is 0 Å². The minimum absolute atomic E-state index is 0.192. The molecule has 2 nitrogen and oxygen atoms in total. The first-order valence-corrected chi connectivity index (χ1v) is 6.83. The maximum Gasteiger partial charge on any atom is 0.128 e. The summed E-state index contributed by atoms with van der Waals surface area (Å²) in [6.45, 7) is 6.35. The minimum atomic E-state index is -0.237. The van der Waals surface area contributed by atoms with Gasteiger partial charge in [0.15, 0.2) is 0 Å². The van der Waals surface area contributed by atoms with Crippen LogP contribution in [0.1, 0.15) is 38.3 Å². The van der Waals surface area contributed by atoms with Crippen LogP contribution in [0.15, 0.2) is 24.3 Å². The highest BCUT2D eigenvalue weighted by Gasteiger charge is 2.26. The third kappa shape index (κ3) is 2.90. The van der Waals surface area contributed by atoms with Crippen molar-refractivity contribution in [1.82, 2.24) is 4.90 Å². The zero-order chi connectivity index (χ0) is 13.1. The highest BCUT2D eigenvalue weighted by atomic mass is 19.1. The molecule has 1 fully saturated rings. The van der Waals surface area contributed by atoms with E-state index in [2.05, 4.69) is 18.7 Å². The fraction of sp³-hybridized carbons (Fsp3) is 0.600. The highest BCUT2D eigenvalue weighted by Crippen LogP contribution is 2.25. The number of nitrogens with zero attached hydrogens (tertiary/aromatic N) is 1. The van der Waals surface area contributed by atoms with Crippen molar-refractivity contribution in [2.24, 2.45) is 11.7 Å². The number of piperidine rings is 1. The number of hydrogen-bond donors (Lipinski definition) is 1. The summed E-state index contributed by atoms with van der Waals surface area (Å²) < 4.78 is 13.7. The maximum absolute atomic E-state index is 13.7. The number of rotatable bonds is 3. The Labute approximate surface area is 109 Å². The van der Waals surface area contributed by atoms with Gasteiger partial charge in [0.2, 0.25) is 0 Å². The quantitative estimate of drug-likeness (QED) is 0.893. The van der Waals surface area contributed by atoms with Crippen molar-refractivity contribution in [2.45, 2.75) is 38.8 Å². The monoisotopic (exact) mass is 250 g/mol. The predicted octanol–water partition coefficient (Wildman–Crippen LogP) is 2.95. The molecule has 0 spiro atoms. The van der Waals surface area contributed by atoms with E-state index in [0.717, 1.165) is 13.1 Å². The van der Waals surface area contributed by atoms with E-state index in [4.69, 9.17) is 5.73 Å². The number of hydrogen-bond acceptors (Lipinski definition) is 2. The molecule has 3 heteroatoms. The molecule has 1 saturated heterocycles. The molecule has 0 saturated carbocycles. The van der Waals surface area contributed by atoms with E-state index in [1.807, 2.05) is 6.07 Å². The summed E-state index contributed by atoms with van der Waals surface area (Å²) >= 11 is 0. The molecular formula is C15H23FN2. The lowest BCUT2D eigenvalue weighted by molar-refractivity contribution is 0.106. The van der Waals surface area contributed by atoms with Gasteiger partial charge in [0.25, 0.3) is 0 Å². The van der Waals surface area contributed by atoms with Gasteiger partial charge in [0.05, 0.1) is 0 Å². The van der Waals surface area contributed by atoms with Crippen LogP contribution in [-0.4, -0.2) is 24.0 Å². The third-order valence-electron chi connectivity index (χ3n) is 4.24. The average Bonchev–Trinajstić information content (AvgIpc) is 2.35. The van der Waals surface area contributed by atoms with Crippen molar-refractivity contribution < 1.29 is 4.39 Å². The predicted molar refractivity (Wildman–Crippen MR) is 72.8 cm³/mol. The molecule has 0 radical (unpaired) electrons. The molecule has 1 aromatic carbocycles. The van der Waals surface area contributed by atoms with Gasteiger partial charge in [-0.05, 0) is 38.3 Å². The maximum atomic E-state index is 13.7. The van der Waals surface area contributed by atoms with Gasteiger partial charge in [-0.15, -0.1) is 0 Å². The standard InChI is InChI=1S/C15H23FN2/c1-11-6-5-9-18(12(11)2)10-15(17)13-7-3-4-8-14(13)16/h3-4,7-8,11-12,15H,5-6,9-10,17H2,1-2H3. The second-order valence-corrected chi connectivity index (χ2v) is 5.48.